The summed E-state index contributed by atoms with van der Waals surface area (Å²) >= 11 is 0. The Bertz CT molecular complexity index is 850. The van der Waals surface area contributed by atoms with E-state index in [0.717, 1.165) is 24.3 Å². The highest BCUT2D eigenvalue weighted by Crippen LogP contribution is 2.13. The average Bonchev–Trinajstić information content (AvgIpc) is 3.25. The van der Waals surface area contributed by atoms with Crippen molar-refractivity contribution in [3.8, 4) is 5.69 Å². The minimum absolute atomic E-state index is 0.0959. The van der Waals surface area contributed by atoms with Crippen LogP contribution in [0.15, 0.2) is 30.6 Å². The molecule has 8 heteroatoms. The Kier molecular flexibility index (Phi) is 4.87. The zero-order valence-electron chi connectivity index (χ0n) is 14.6. The molecule has 2 heterocycles. The van der Waals surface area contributed by atoms with Gasteiger partial charge in [-0.2, -0.15) is 5.10 Å². The number of carbonyl (C=O) groups excluding carboxylic acids is 1. The van der Waals surface area contributed by atoms with Crippen LogP contribution in [0.25, 0.3) is 5.69 Å². The van der Waals surface area contributed by atoms with Crippen molar-refractivity contribution < 1.29 is 4.79 Å². The Morgan fingerprint density at radius 1 is 1.20 bits per heavy atom. The molecule has 0 aliphatic heterocycles. The Labute approximate surface area is 145 Å². The van der Waals surface area contributed by atoms with E-state index in [-0.39, 0.29) is 5.91 Å². The summed E-state index contributed by atoms with van der Waals surface area (Å²) in [5.41, 5.74) is 4.81. The van der Waals surface area contributed by atoms with Crippen LogP contribution < -0.4 is 5.32 Å². The number of benzene rings is 1. The highest BCUT2D eigenvalue weighted by molar-refractivity contribution is 5.94. The quantitative estimate of drug-likeness (QED) is 0.734. The number of hydrogen-bond acceptors (Lipinski definition) is 5. The van der Waals surface area contributed by atoms with Crippen LogP contribution in [0.5, 0.6) is 0 Å². The molecule has 0 spiro atoms. The summed E-state index contributed by atoms with van der Waals surface area (Å²) in [4.78, 5) is 12.3. The molecule has 1 N–H and O–H groups in total. The third kappa shape index (κ3) is 3.57. The number of tetrazole rings is 1. The Morgan fingerprint density at radius 3 is 2.56 bits per heavy atom. The molecular formula is C17H21N7O. The van der Waals surface area contributed by atoms with Crippen LogP contribution in [0, 0.1) is 13.8 Å². The number of amides is 1. The maximum absolute atomic E-state index is 12.3. The van der Waals surface area contributed by atoms with E-state index >= 15 is 0 Å². The van der Waals surface area contributed by atoms with E-state index in [1.807, 2.05) is 23.7 Å². The van der Waals surface area contributed by atoms with Crippen LogP contribution in [-0.2, 0) is 13.0 Å². The van der Waals surface area contributed by atoms with Gasteiger partial charge in [0.1, 0.15) is 6.33 Å². The number of hydrogen-bond donors (Lipinski definition) is 1. The van der Waals surface area contributed by atoms with Crippen LogP contribution in [0.1, 0.15) is 34.2 Å². The van der Waals surface area contributed by atoms with Crippen molar-refractivity contribution in [2.24, 2.45) is 0 Å². The largest absolute Gasteiger partial charge is 0.352 e. The molecule has 1 aromatic carbocycles. The van der Waals surface area contributed by atoms with E-state index in [2.05, 4.69) is 39.8 Å². The fraction of sp³-hybridized carbons (Fsp3) is 0.353. The summed E-state index contributed by atoms with van der Waals surface area (Å²) in [6.07, 6.45) is 2.28. The predicted octanol–water partition coefficient (Wildman–Crippen LogP) is 1.47. The van der Waals surface area contributed by atoms with Gasteiger partial charge in [-0.25, -0.2) is 4.68 Å². The predicted molar refractivity (Wildman–Crippen MR) is 92.6 cm³/mol. The number of nitrogens with zero attached hydrogens (tertiary/aromatic N) is 6. The van der Waals surface area contributed by atoms with E-state index < -0.39 is 0 Å². The van der Waals surface area contributed by atoms with E-state index in [1.54, 1.807) is 16.8 Å². The fourth-order valence-electron chi connectivity index (χ4n) is 2.85. The molecule has 130 valence electrons. The first-order chi connectivity index (χ1) is 12.1. The van der Waals surface area contributed by atoms with Crippen molar-refractivity contribution in [3.05, 3.63) is 53.1 Å². The molecule has 0 saturated heterocycles. The summed E-state index contributed by atoms with van der Waals surface area (Å²) in [7, 11) is 0. The van der Waals surface area contributed by atoms with Gasteiger partial charge >= 0.3 is 0 Å². The van der Waals surface area contributed by atoms with Crippen molar-refractivity contribution in [2.75, 3.05) is 6.54 Å². The number of rotatable bonds is 6. The molecule has 0 aliphatic carbocycles. The first kappa shape index (κ1) is 16.8. The first-order valence-corrected chi connectivity index (χ1v) is 8.24. The highest BCUT2D eigenvalue weighted by atomic mass is 16.1. The monoisotopic (exact) mass is 339 g/mol. The standard InChI is InChI=1S/C17H21N7O/c1-4-23-13(3)16(12(2)20-23)9-10-18-17(25)14-5-7-15(8-6-14)24-11-19-21-22-24/h5-8,11H,4,9-10H2,1-3H3,(H,18,25). The van der Waals surface area contributed by atoms with Crippen LogP contribution in [-0.4, -0.2) is 42.4 Å². The van der Waals surface area contributed by atoms with Gasteiger partial charge in [0.05, 0.1) is 11.4 Å². The molecule has 0 aliphatic rings. The summed E-state index contributed by atoms with van der Waals surface area (Å²) in [6, 6.07) is 7.14. The summed E-state index contributed by atoms with van der Waals surface area (Å²) in [6.45, 7) is 7.58. The maximum Gasteiger partial charge on any atom is 0.251 e. The molecule has 0 atom stereocenters. The van der Waals surface area contributed by atoms with Crippen LogP contribution >= 0.6 is 0 Å². The van der Waals surface area contributed by atoms with Gasteiger partial charge in [0, 0.05) is 24.3 Å². The molecule has 25 heavy (non-hydrogen) atoms. The lowest BCUT2D eigenvalue weighted by atomic mass is 10.1. The van der Waals surface area contributed by atoms with Crippen molar-refractivity contribution in [2.45, 2.75) is 33.7 Å². The van der Waals surface area contributed by atoms with Crippen molar-refractivity contribution in [3.63, 3.8) is 0 Å². The van der Waals surface area contributed by atoms with Gasteiger partial charge in [0.25, 0.3) is 5.91 Å². The Morgan fingerprint density at radius 2 is 1.96 bits per heavy atom. The van der Waals surface area contributed by atoms with Gasteiger partial charge in [0.2, 0.25) is 0 Å². The van der Waals surface area contributed by atoms with E-state index in [0.29, 0.717) is 12.1 Å². The second-order valence-electron chi connectivity index (χ2n) is 5.77. The summed E-state index contributed by atoms with van der Waals surface area (Å²) in [5, 5.41) is 18.5. The van der Waals surface area contributed by atoms with E-state index in [4.69, 9.17) is 0 Å². The molecule has 0 radical (unpaired) electrons. The van der Waals surface area contributed by atoms with Crippen molar-refractivity contribution in [1.29, 1.82) is 0 Å². The van der Waals surface area contributed by atoms with Gasteiger partial charge in [-0.15, -0.1) is 5.10 Å². The molecule has 0 bridgehead atoms. The molecule has 1 amide bonds. The van der Waals surface area contributed by atoms with Gasteiger partial charge in [0.15, 0.2) is 0 Å². The lowest BCUT2D eigenvalue weighted by Gasteiger charge is -2.07. The average molecular weight is 339 g/mol. The molecule has 2 aromatic heterocycles. The lowest BCUT2D eigenvalue weighted by molar-refractivity contribution is 0.0954. The number of aryl methyl sites for hydroxylation is 2. The highest BCUT2D eigenvalue weighted by Gasteiger charge is 2.11. The maximum atomic E-state index is 12.3. The van der Waals surface area contributed by atoms with Crippen LogP contribution in [0.4, 0.5) is 0 Å². The molecule has 0 saturated carbocycles. The molecule has 0 unspecified atom stereocenters. The van der Waals surface area contributed by atoms with Gasteiger partial charge in [-0.05, 0) is 67.4 Å². The zero-order chi connectivity index (χ0) is 17.8. The van der Waals surface area contributed by atoms with Crippen LogP contribution in [0.2, 0.25) is 0 Å². The van der Waals surface area contributed by atoms with Crippen molar-refractivity contribution >= 4 is 5.91 Å². The smallest absolute Gasteiger partial charge is 0.251 e. The Hall–Kier alpha value is -3.03. The first-order valence-electron chi connectivity index (χ1n) is 8.24. The topological polar surface area (TPSA) is 90.5 Å². The molecule has 8 nitrogen and oxygen atoms in total. The van der Waals surface area contributed by atoms with Gasteiger partial charge < -0.3 is 5.32 Å². The van der Waals surface area contributed by atoms with E-state index in [1.165, 1.54) is 17.6 Å². The van der Waals surface area contributed by atoms with Crippen LogP contribution in [0.3, 0.4) is 0 Å². The zero-order valence-corrected chi connectivity index (χ0v) is 14.6. The fourth-order valence-corrected chi connectivity index (χ4v) is 2.85. The molecule has 3 aromatic rings. The van der Waals surface area contributed by atoms with Crippen molar-refractivity contribution in [1.82, 2.24) is 35.3 Å². The van der Waals surface area contributed by atoms with E-state index in [9.17, 15) is 4.79 Å². The molecule has 3 rings (SSSR count). The lowest BCUT2D eigenvalue weighted by Crippen LogP contribution is -2.26. The second-order valence-corrected chi connectivity index (χ2v) is 5.77. The minimum atomic E-state index is -0.0959. The number of carbonyl (C=O) groups is 1. The second kappa shape index (κ2) is 7.25. The Balaban J connectivity index is 1.59. The normalized spacial score (nSPS) is 10.8. The molecular weight excluding hydrogens is 318 g/mol. The third-order valence-electron chi connectivity index (χ3n) is 4.23. The van der Waals surface area contributed by atoms with Gasteiger partial charge in [-0.3, -0.25) is 9.48 Å². The SMILES string of the molecule is CCn1nc(C)c(CCNC(=O)c2ccc(-n3cnnn3)cc2)c1C. The number of nitrogens with one attached hydrogen (secondary N) is 1. The summed E-state index contributed by atoms with van der Waals surface area (Å²) in [5.74, 6) is -0.0959. The summed E-state index contributed by atoms with van der Waals surface area (Å²) < 4.78 is 3.53. The third-order valence-corrected chi connectivity index (χ3v) is 4.23. The number of aromatic nitrogens is 6. The van der Waals surface area contributed by atoms with Gasteiger partial charge in [-0.1, -0.05) is 0 Å². The minimum Gasteiger partial charge on any atom is -0.352 e. The molecule has 0 fully saturated rings.